The van der Waals surface area contributed by atoms with Crippen LogP contribution in [0.1, 0.15) is 32.0 Å². The first-order valence-electron chi connectivity index (χ1n) is 7.16. The maximum atomic E-state index is 8.99. The summed E-state index contributed by atoms with van der Waals surface area (Å²) in [6.07, 6.45) is 1.09. The topological polar surface area (TPSA) is 91.7 Å². The van der Waals surface area contributed by atoms with Crippen LogP contribution in [-0.4, -0.2) is 64.4 Å². The predicted molar refractivity (Wildman–Crippen MR) is 74.9 cm³/mol. The van der Waals surface area contributed by atoms with Crippen molar-refractivity contribution in [3.63, 3.8) is 0 Å². The molecule has 20 heavy (non-hydrogen) atoms. The van der Waals surface area contributed by atoms with Crippen molar-refractivity contribution in [2.75, 3.05) is 39.3 Å². The summed E-state index contributed by atoms with van der Waals surface area (Å²) >= 11 is 0. The lowest BCUT2D eigenvalue weighted by molar-refractivity contribution is 0.191. The van der Waals surface area contributed by atoms with Crippen molar-refractivity contribution in [3.05, 3.63) is 11.7 Å². The first kappa shape index (κ1) is 15.4. The molecule has 1 saturated heterocycles. The van der Waals surface area contributed by atoms with E-state index >= 15 is 0 Å². The molecule has 1 aliphatic rings. The molecule has 1 aromatic heterocycles. The molecule has 0 radical (unpaired) electrons. The van der Waals surface area contributed by atoms with Crippen molar-refractivity contribution in [2.45, 2.75) is 32.4 Å². The van der Waals surface area contributed by atoms with Crippen molar-refractivity contribution < 1.29 is 9.63 Å². The Morgan fingerprint density at radius 2 is 1.95 bits per heavy atom. The fraction of sp³-hybridized carbons (Fsp3) is 0.846. The van der Waals surface area contributed by atoms with Gasteiger partial charge >= 0.3 is 0 Å². The zero-order valence-corrected chi connectivity index (χ0v) is 12.4. The second-order valence-electron chi connectivity index (χ2n) is 5.93. The monoisotopic (exact) mass is 283 g/mol. The minimum absolute atomic E-state index is 0.221. The average Bonchev–Trinajstić information content (AvgIpc) is 2.73. The quantitative estimate of drug-likeness (QED) is 0.770. The highest BCUT2D eigenvalue weighted by Crippen LogP contribution is 2.14. The predicted octanol–water partition coefficient (Wildman–Crippen LogP) is -0.237. The lowest BCUT2D eigenvalue weighted by Gasteiger charge is -2.19. The van der Waals surface area contributed by atoms with Crippen molar-refractivity contribution >= 4 is 0 Å². The summed E-state index contributed by atoms with van der Waals surface area (Å²) in [6.45, 7) is 9.30. The zero-order valence-electron chi connectivity index (χ0n) is 12.4. The molecular weight excluding hydrogens is 258 g/mol. The van der Waals surface area contributed by atoms with Gasteiger partial charge in [0.25, 0.3) is 0 Å². The summed E-state index contributed by atoms with van der Waals surface area (Å²) in [4.78, 5) is 8.95. The van der Waals surface area contributed by atoms with Crippen molar-refractivity contribution in [3.8, 4) is 0 Å². The van der Waals surface area contributed by atoms with Gasteiger partial charge in [-0.3, -0.25) is 9.80 Å². The van der Waals surface area contributed by atoms with E-state index in [0.717, 1.165) is 39.1 Å². The van der Waals surface area contributed by atoms with Gasteiger partial charge in [-0.25, -0.2) is 0 Å². The SMILES string of the molecule is CC(C)(N)c1noc(CN2CCCN(CCO)CC2)n1. The molecule has 0 unspecified atom stereocenters. The average molecular weight is 283 g/mol. The van der Waals surface area contributed by atoms with E-state index < -0.39 is 5.54 Å². The van der Waals surface area contributed by atoms with Gasteiger partial charge in [-0.1, -0.05) is 5.16 Å². The minimum Gasteiger partial charge on any atom is -0.395 e. The Labute approximate surface area is 119 Å². The first-order chi connectivity index (χ1) is 9.49. The largest absolute Gasteiger partial charge is 0.395 e. The standard InChI is InChI=1S/C13H25N5O2/c1-13(2,14)12-15-11(20-16-12)10-18-5-3-4-17(6-7-18)8-9-19/h19H,3-10,14H2,1-2H3. The summed E-state index contributed by atoms with van der Waals surface area (Å²) in [5, 5.41) is 12.9. The van der Waals surface area contributed by atoms with E-state index in [9.17, 15) is 0 Å². The third kappa shape index (κ3) is 4.24. The number of aliphatic hydroxyl groups excluding tert-OH is 1. The van der Waals surface area contributed by atoms with Crippen LogP contribution >= 0.6 is 0 Å². The third-order valence-electron chi connectivity index (χ3n) is 3.50. The molecule has 1 fully saturated rings. The van der Waals surface area contributed by atoms with Gasteiger partial charge in [0.15, 0.2) is 5.82 Å². The molecule has 0 bridgehead atoms. The van der Waals surface area contributed by atoms with Gasteiger partial charge in [0.1, 0.15) is 0 Å². The summed E-state index contributed by atoms with van der Waals surface area (Å²) in [5.41, 5.74) is 5.38. The number of β-amino-alcohol motifs (C(OH)–C–C–N with tert-alkyl or cyclic N) is 1. The van der Waals surface area contributed by atoms with Crippen molar-refractivity contribution in [1.29, 1.82) is 0 Å². The number of nitrogens with zero attached hydrogens (tertiary/aromatic N) is 4. The van der Waals surface area contributed by atoms with Gasteiger partial charge < -0.3 is 15.4 Å². The fourth-order valence-corrected chi connectivity index (χ4v) is 2.32. The van der Waals surface area contributed by atoms with Gasteiger partial charge in [-0.2, -0.15) is 4.98 Å². The van der Waals surface area contributed by atoms with Gasteiger partial charge in [-0.05, 0) is 33.4 Å². The van der Waals surface area contributed by atoms with Gasteiger partial charge in [0.2, 0.25) is 5.89 Å². The second-order valence-corrected chi connectivity index (χ2v) is 5.93. The Balaban J connectivity index is 1.88. The number of hydrogen-bond donors (Lipinski definition) is 2. The van der Waals surface area contributed by atoms with E-state index in [4.69, 9.17) is 15.4 Å². The smallest absolute Gasteiger partial charge is 0.240 e. The third-order valence-corrected chi connectivity index (χ3v) is 3.50. The van der Waals surface area contributed by atoms with Crippen LogP contribution in [0.2, 0.25) is 0 Å². The summed E-state index contributed by atoms with van der Waals surface area (Å²) in [6, 6.07) is 0. The van der Waals surface area contributed by atoms with Gasteiger partial charge in [-0.15, -0.1) is 0 Å². The highest BCUT2D eigenvalue weighted by Gasteiger charge is 2.23. The second kappa shape index (κ2) is 6.62. The van der Waals surface area contributed by atoms with Crippen LogP contribution < -0.4 is 5.73 Å². The van der Waals surface area contributed by atoms with E-state index in [-0.39, 0.29) is 6.61 Å². The summed E-state index contributed by atoms with van der Waals surface area (Å²) in [7, 11) is 0. The number of nitrogens with two attached hydrogens (primary N) is 1. The molecule has 1 aliphatic heterocycles. The Kier molecular flexibility index (Phi) is 5.09. The minimum atomic E-state index is -0.571. The Morgan fingerprint density at radius 1 is 1.25 bits per heavy atom. The molecule has 0 aromatic carbocycles. The summed E-state index contributed by atoms with van der Waals surface area (Å²) < 4.78 is 5.27. The Bertz CT molecular complexity index is 415. The Hall–Kier alpha value is -1.02. The Morgan fingerprint density at radius 3 is 2.60 bits per heavy atom. The normalized spacial score (nSPS) is 19.2. The zero-order chi connectivity index (χ0) is 14.6. The van der Waals surface area contributed by atoms with Gasteiger partial charge in [0, 0.05) is 19.6 Å². The first-order valence-corrected chi connectivity index (χ1v) is 7.16. The molecular formula is C13H25N5O2. The van der Waals surface area contributed by atoms with Crippen LogP contribution in [0.5, 0.6) is 0 Å². The lowest BCUT2D eigenvalue weighted by atomic mass is 10.1. The van der Waals surface area contributed by atoms with Crippen LogP contribution in [0.3, 0.4) is 0 Å². The maximum absolute atomic E-state index is 8.99. The van der Waals surface area contributed by atoms with Crippen molar-refractivity contribution in [2.24, 2.45) is 5.73 Å². The molecule has 2 heterocycles. The van der Waals surface area contributed by atoms with Crippen LogP contribution in [-0.2, 0) is 12.1 Å². The van der Waals surface area contributed by atoms with Crippen LogP contribution in [0.25, 0.3) is 0 Å². The summed E-state index contributed by atoms with van der Waals surface area (Å²) in [5.74, 6) is 1.17. The molecule has 7 heteroatoms. The molecule has 1 aromatic rings. The molecule has 114 valence electrons. The maximum Gasteiger partial charge on any atom is 0.240 e. The fourth-order valence-electron chi connectivity index (χ4n) is 2.32. The number of aromatic nitrogens is 2. The van der Waals surface area contributed by atoms with Gasteiger partial charge in [0.05, 0.1) is 18.7 Å². The van der Waals surface area contributed by atoms with Crippen LogP contribution in [0.15, 0.2) is 4.52 Å². The molecule has 7 nitrogen and oxygen atoms in total. The molecule has 0 spiro atoms. The van der Waals surface area contributed by atoms with E-state index in [1.807, 2.05) is 13.8 Å². The number of hydrogen-bond acceptors (Lipinski definition) is 7. The van der Waals surface area contributed by atoms with E-state index in [0.29, 0.717) is 18.3 Å². The molecule has 0 saturated carbocycles. The van der Waals surface area contributed by atoms with E-state index in [1.54, 1.807) is 0 Å². The van der Waals surface area contributed by atoms with Crippen molar-refractivity contribution in [1.82, 2.24) is 19.9 Å². The molecule has 3 N–H and O–H groups in total. The van der Waals surface area contributed by atoms with E-state index in [1.165, 1.54) is 0 Å². The molecule has 0 amide bonds. The highest BCUT2D eigenvalue weighted by molar-refractivity contribution is 4.99. The molecule has 2 rings (SSSR count). The van der Waals surface area contributed by atoms with Crippen LogP contribution in [0.4, 0.5) is 0 Å². The molecule has 0 aliphatic carbocycles. The highest BCUT2D eigenvalue weighted by atomic mass is 16.5. The lowest BCUT2D eigenvalue weighted by Crippen LogP contribution is -2.32. The number of rotatable bonds is 5. The van der Waals surface area contributed by atoms with Crippen LogP contribution in [0, 0.1) is 0 Å². The molecule has 0 atom stereocenters. The number of aliphatic hydroxyl groups is 1. The van der Waals surface area contributed by atoms with E-state index in [2.05, 4.69) is 19.9 Å².